The van der Waals surface area contributed by atoms with Crippen molar-refractivity contribution in [1.82, 2.24) is 15.5 Å². The molecule has 6 heteroatoms. The molecule has 190 valence electrons. The molecule has 36 heavy (non-hydrogen) atoms. The number of nitrogens with two attached hydrogens (primary N) is 1. The van der Waals surface area contributed by atoms with Gasteiger partial charge in [0, 0.05) is 37.2 Å². The van der Waals surface area contributed by atoms with Gasteiger partial charge in [-0.1, -0.05) is 67.6 Å². The van der Waals surface area contributed by atoms with Crippen LogP contribution in [-0.2, 0) is 4.79 Å². The second-order valence-electron chi connectivity index (χ2n) is 9.71. The molecule has 3 aromatic rings. The Morgan fingerprint density at radius 3 is 2.58 bits per heavy atom. The number of carbonyl (C=O) groups excluding carboxylic acids is 2. The van der Waals surface area contributed by atoms with Gasteiger partial charge in [0.25, 0.3) is 5.91 Å². The van der Waals surface area contributed by atoms with Crippen LogP contribution in [0, 0.1) is 0 Å². The number of amides is 2. The number of fused-ring (bicyclic) bond motifs is 1. The molecule has 0 bridgehead atoms. The number of rotatable bonds is 10. The Kier molecular flexibility index (Phi) is 9.09. The van der Waals surface area contributed by atoms with Crippen LogP contribution in [0.4, 0.5) is 0 Å². The maximum absolute atomic E-state index is 13.5. The SMILES string of the molecule is CC[C@H](CN1CC[C@H](CNC(=O)c2ccc3ccccc3c2)N[C@H](CCCN)C1=O)c1ccccc1. The summed E-state index contributed by atoms with van der Waals surface area (Å²) in [6.07, 6.45) is 3.24. The van der Waals surface area contributed by atoms with Crippen molar-refractivity contribution in [3.63, 3.8) is 0 Å². The van der Waals surface area contributed by atoms with E-state index in [1.54, 1.807) is 0 Å². The van der Waals surface area contributed by atoms with Gasteiger partial charge in [-0.05, 0) is 60.7 Å². The van der Waals surface area contributed by atoms with Crippen LogP contribution in [-0.4, -0.2) is 55.0 Å². The topological polar surface area (TPSA) is 87.5 Å². The first-order valence-corrected chi connectivity index (χ1v) is 13.2. The van der Waals surface area contributed by atoms with E-state index >= 15 is 0 Å². The molecule has 0 radical (unpaired) electrons. The zero-order chi connectivity index (χ0) is 25.3. The van der Waals surface area contributed by atoms with Gasteiger partial charge in [-0.15, -0.1) is 0 Å². The summed E-state index contributed by atoms with van der Waals surface area (Å²) in [7, 11) is 0. The number of nitrogens with one attached hydrogen (secondary N) is 2. The molecule has 3 atom stereocenters. The van der Waals surface area contributed by atoms with E-state index in [4.69, 9.17) is 5.73 Å². The largest absolute Gasteiger partial charge is 0.350 e. The molecule has 0 aromatic heterocycles. The molecule has 1 aliphatic heterocycles. The van der Waals surface area contributed by atoms with Gasteiger partial charge in [-0.25, -0.2) is 0 Å². The second kappa shape index (κ2) is 12.7. The van der Waals surface area contributed by atoms with Crippen molar-refractivity contribution in [2.24, 2.45) is 5.73 Å². The van der Waals surface area contributed by atoms with E-state index in [1.807, 2.05) is 53.4 Å². The lowest BCUT2D eigenvalue weighted by Crippen LogP contribution is -2.49. The van der Waals surface area contributed by atoms with Crippen LogP contribution < -0.4 is 16.4 Å². The lowest BCUT2D eigenvalue weighted by atomic mass is 9.95. The first-order chi connectivity index (χ1) is 17.6. The Balaban J connectivity index is 1.42. The van der Waals surface area contributed by atoms with Gasteiger partial charge in [0.15, 0.2) is 0 Å². The average molecular weight is 487 g/mol. The molecule has 0 saturated carbocycles. The molecular formula is C30H38N4O2. The zero-order valence-electron chi connectivity index (χ0n) is 21.2. The highest BCUT2D eigenvalue weighted by Crippen LogP contribution is 2.23. The first kappa shape index (κ1) is 25.9. The van der Waals surface area contributed by atoms with Gasteiger partial charge in [-0.2, -0.15) is 0 Å². The van der Waals surface area contributed by atoms with Crippen LogP contribution in [0.3, 0.4) is 0 Å². The van der Waals surface area contributed by atoms with E-state index in [0.717, 1.165) is 30.0 Å². The standard InChI is InChI=1S/C30H38N4O2/c1-2-22(23-9-4-3-5-10-23)21-34-18-16-27(33-28(30(34)36)13-8-17-31)20-32-29(35)26-15-14-24-11-6-7-12-25(24)19-26/h3-7,9-12,14-15,19,22,27-28,33H,2,8,13,16-18,20-21,31H2,1H3,(H,32,35)/t22-,27-,28-/m1/s1. The highest BCUT2D eigenvalue weighted by atomic mass is 16.2. The molecule has 6 nitrogen and oxygen atoms in total. The minimum absolute atomic E-state index is 0.0166. The third-order valence-corrected chi connectivity index (χ3v) is 7.22. The Hall–Kier alpha value is -3.22. The van der Waals surface area contributed by atoms with E-state index in [1.165, 1.54) is 5.56 Å². The normalized spacial score (nSPS) is 19.2. The molecular weight excluding hydrogens is 448 g/mol. The predicted molar refractivity (Wildman–Crippen MR) is 146 cm³/mol. The fourth-order valence-corrected chi connectivity index (χ4v) is 5.06. The molecule has 0 aliphatic carbocycles. The smallest absolute Gasteiger partial charge is 0.251 e. The fourth-order valence-electron chi connectivity index (χ4n) is 5.06. The molecule has 2 amide bonds. The maximum Gasteiger partial charge on any atom is 0.251 e. The van der Waals surface area contributed by atoms with Crippen LogP contribution in [0.2, 0.25) is 0 Å². The van der Waals surface area contributed by atoms with Crippen LogP contribution in [0.15, 0.2) is 72.8 Å². The van der Waals surface area contributed by atoms with E-state index in [0.29, 0.717) is 44.1 Å². The molecule has 4 rings (SSSR count). The lowest BCUT2D eigenvalue weighted by molar-refractivity contribution is -0.133. The van der Waals surface area contributed by atoms with Gasteiger partial charge in [0.2, 0.25) is 5.91 Å². The number of nitrogens with zero attached hydrogens (tertiary/aromatic N) is 1. The van der Waals surface area contributed by atoms with E-state index < -0.39 is 0 Å². The summed E-state index contributed by atoms with van der Waals surface area (Å²) in [5, 5.41) is 8.78. The van der Waals surface area contributed by atoms with Crippen molar-refractivity contribution in [3.05, 3.63) is 83.9 Å². The molecule has 1 saturated heterocycles. The summed E-state index contributed by atoms with van der Waals surface area (Å²) >= 11 is 0. The second-order valence-corrected chi connectivity index (χ2v) is 9.71. The molecule has 3 aromatic carbocycles. The number of hydrogen-bond donors (Lipinski definition) is 3. The third kappa shape index (κ3) is 6.50. The minimum atomic E-state index is -0.285. The summed E-state index contributed by atoms with van der Waals surface area (Å²) in [5.74, 6) is 0.347. The van der Waals surface area contributed by atoms with Crippen molar-refractivity contribution in [2.75, 3.05) is 26.2 Å². The Morgan fingerprint density at radius 1 is 1.08 bits per heavy atom. The van der Waals surface area contributed by atoms with Crippen molar-refractivity contribution in [3.8, 4) is 0 Å². The Morgan fingerprint density at radius 2 is 1.83 bits per heavy atom. The highest BCUT2D eigenvalue weighted by molar-refractivity contribution is 5.98. The Labute approximate surface area is 214 Å². The van der Waals surface area contributed by atoms with E-state index in [2.05, 4.69) is 41.8 Å². The average Bonchev–Trinajstić information content (AvgIpc) is 3.07. The van der Waals surface area contributed by atoms with Crippen LogP contribution in [0.25, 0.3) is 10.8 Å². The molecule has 1 fully saturated rings. The highest BCUT2D eigenvalue weighted by Gasteiger charge is 2.31. The van der Waals surface area contributed by atoms with Gasteiger partial charge < -0.3 is 21.3 Å². The maximum atomic E-state index is 13.5. The van der Waals surface area contributed by atoms with Crippen LogP contribution in [0.1, 0.15) is 54.4 Å². The quantitative estimate of drug-likeness (QED) is 0.403. The summed E-state index contributed by atoms with van der Waals surface area (Å²) < 4.78 is 0. The molecule has 1 aliphatic rings. The minimum Gasteiger partial charge on any atom is -0.350 e. The number of carbonyl (C=O) groups is 2. The molecule has 1 heterocycles. The van der Waals surface area contributed by atoms with Crippen LogP contribution >= 0.6 is 0 Å². The summed E-state index contributed by atoms with van der Waals surface area (Å²) in [4.78, 5) is 28.4. The summed E-state index contributed by atoms with van der Waals surface area (Å²) in [6.45, 7) is 4.58. The van der Waals surface area contributed by atoms with E-state index in [-0.39, 0.29) is 23.9 Å². The fraction of sp³-hybridized carbons (Fsp3) is 0.400. The van der Waals surface area contributed by atoms with Crippen molar-refractivity contribution in [2.45, 2.75) is 50.6 Å². The van der Waals surface area contributed by atoms with Gasteiger partial charge in [0.05, 0.1) is 6.04 Å². The Bertz CT molecular complexity index is 1150. The van der Waals surface area contributed by atoms with E-state index in [9.17, 15) is 9.59 Å². The first-order valence-electron chi connectivity index (χ1n) is 13.2. The van der Waals surface area contributed by atoms with Gasteiger partial charge >= 0.3 is 0 Å². The van der Waals surface area contributed by atoms with Gasteiger partial charge in [-0.3, -0.25) is 9.59 Å². The molecule has 0 unspecified atom stereocenters. The summed E-state index contributed by atoms with van der Waals surface area (Å²) in [6, 6.07) is 23.9. The van der Waals surface area contributed by atoms with Crippen LogP contribution in [0.5, 0.6) is 0 Å². The van der Waals surface area contributed by atoms with Gasteiger partial charge in [0.1, 0.15) is 0 Å². The monoisotopic (exact) mass is 486 g/mol. The van der Waals surface area contributed by atoms with Crippen molar-refractivity contribution in [1.29, 1.82) is 0 Å². The molecule has 0 spiro atoms. The predicted octanol–water partition coefficient (Wildman–Crippen LogP) is 4.06. The lowest BCUT2D eigenvalue weighted by Gasteiger charge is -2.28. The van der Waals surface area contributed by atoms with Crippen molar-refractivity contribution < 1.29 is 9.59 Å². The zero-order valence-corrected chi connectivity index (χ0v) is 21.2. The number of benzene rings is 3. The molecule has 4 N–H and O–H groups in total. The third-order valence-electron chi connectivity index (χ3n) is 7.22. The summed E-state index contributed by atoms with van der Waals surface area (Å²) in [5.41, 5.74) is 7.68. The van der Waals surface area contributed by atoms with Crippen molar-refractivity contribution >= 4 is 22.6 Å². The number of hydrogen-bond acceptors (Lipinski definition) is 4.